The van der Waals surface area contributed by atoms with Gasteiger partial charge in [0.25, 0.3) is 0 Å². The summed E-state index contributed by atoms with van der Waals surface area (Å²) >= 11 is 0. The second-order valence-corrected chi connectivity index (χ2v) is 7.96. The molecule has 128 valence electrons. The molecule has 0 aliphatic carbocycles. The number of ether oxygens (including phenoxy) is 1. The number of sulfone groups is 1. The molecule has 0 bridgehead atoms. The van der Waals surface area contributed by atoms with Gasteiger partial charge in [-0.25, -0.2) is 17.6 Å². The average Bonchev–Trinajstić information content (AvgIpc) is 2.84. The number of urea groups is 1. The first-order valence-corrected chi connectivity index (χ1v) is 9.21. The fourth-order valence-corrected chi connectivity index (χ4v) is 4.50. The van der Waals surface area contributed by atoms with Gasteiger partial charge in [-0.15, -0.1) is 0 Å². The summed E-state index contributed by atoms with van der Waals surface area (Å²) in [6.07, 6.45) is 0.565. The van der Waals surface area contributed by atoms with Crippen molar-refractivity contribution in [2.24, 2.45) is 5.92 Å². The van der Waals surface area contributed by atoms with Crippen molar-refractivity contribution in [1.29, 1.82) is 0 Å². The van der Waals surface area contributed by atoms with Crippen molar-refractivity contribution >= 4 is 15.9 Å². The summed E-state index contributed by atoms with van der Waals surface area (Å²) in [5.41, 5.74) is 0.533. The highest BCUT2D eigenvalue weighted by atomic mass is 32.2. The van der Waals surface area contributed by atoms with Crippen molar-refractivity contribution in [3.8, 4) is 5.75 Å². The molecule has 2 unspecified atom stereocenters. The van der Waals surface area contributed by atoms with Crippen LogP contribution in [-0.2, 0) is 9.84 Å². The molecule has 1 aromatic carbocycles. The molecular formula is C15H21FN2O4S. The Morgan fingerprint density at radius 1 is 1.48 bits per heavy atom. The molecule has 0 spiro atoms. The number of carbonyl (C=O) groups is 1. The first-order valence-electron chi connectivity index (χ1n) is 7.39. The van der Waals surface area contributed by atoms with Gasteiger partial charge in [-0.3, -0.25) is 0 Å². The van der Waals surface area contributed by atoms with Crippen molar-refractivity contribution < 1.29 is 22.3 Å². The van der Waals surface area contributed by atoms with Crippen molar-refractivity contribution in [1.82, 2.24) is 10.6 Å². The molecule has 1 aromatic rings. The number of rotatable bonds is 5. The predicted octanol–water partition coefficient (Wildman–Crippen LogP) is 1.63. The van der Waals surface area contributed by atoms with E-state index in [-0.39, 0.29) is 17.4 Å². The van der Waals surface area contributed by atoms with Gasteiger partial charge in [-0.05, 0) is 37.5 Å². The van der Waals surface area contributed by atoms with Crippen molar-refractivity contribution in [2.75, 3.05) is 25.2 Å². The Labute approximate surface area is 135 Å². The molecule has 1 heterocycles. The number of methoxy groups -OCH3 is 1. The molecule has 2 amide bonds. The van der Waals surface area contributed by atoms with Gasteiger partial charge in [0, 0.05) is 12.1 Å². The first-order chi connectivity index (χ1) is 10.8. The third-order valence-electron chi connectivity index (χ3n) is 3.88. The summed E-state index contributed by atoms with van der Waals surface area (Å²) in [7, 11) is -1.48. The van der Waals surface area contributed by atoms with E-state index >= 15 is 0 Å². The van der Waals surface area contributed by atoms with Gasteiger partial charge in [0.2, 0.25) is 0 Å². The standard InChI is InChI=1S/C15H21FN2O4S/c1-10(13-7-12(16)3-4-14(13)22-2)18-15(19)17-8-11-5-6-23(20,21)9-11/h3-4,7,10-11H,5-6,8-9H2,1-2H3,(H2,17,18,19). The van der Waals surface area contributed by atoms with Crippen LogP contribution in [0.25, 0.3) is 0 Å². The molecule has 0 radical (unpaired) electrons. The van der Waals surface area contributed by atoms with Gasteiger partial charge >= 0.3 is 6.03 Å². The number of hydrogen-bond donors (Lipinski definition) is 2. The molecule has 2 N–H and O–H groups in total. The predicted molar refractivity (Wildman–Crippen MR) is 84.7 cm³/mol. The third kappa shape index (κ3) is 4.82. The van der Waals surface area contributed by atoms with Crippen LogP contribution in [0.4, 0.5) is 9.18 Å². The molecule has 2 atom stereocenters. The van der Waals surface area contributed by atoms with Crippen LogP contribution >= 0.6 is 0 Å². The second kappa shape index (κ2) is 7.16. The Balaban J connectivity index is 1.89. The van der Waals surface area contributed by atoms with E-state index < -0.39 is 27.7 Å². The normalized spacial score (nSPS) is 20.7. The molecule has 1 saturated heterocycles. The third-order valence-corrected chi connectivity index (χ3v) is 5.72. The maximum atomic E-state index is 13.4. The fraction of sp³-hybridized carbons (Fsp3) is 0.533. The van der Waals surface area contributed by atoms with E-state index in [4.69, 9.17) is 4.74 Å². The highest BCUT2D eigenvalue weighted by Gasteiger charge is 2.28. The molecule has 6 nitrogen and oxygen atoms in total. The van der Waals surface area contributed by atoms with Gasteiger partial charge in [-0.1, -0.05) is 0 Å². The highest BCUT2D eigenvalue weighted by molar-refractivity contribution is 7.91. The SMILES string of the molecule is COc1ccc(F)cc1C(C)NC(=O)NCC1CCS(=O)(=O)C1. The molecule has 2 rings (SSSR count). The van der Waals surface area contributed by atoms with Crippen LogP contribution in [0.1, 0.15) is 24.9 Å². The summed E-state index contributed by atoms with van der Waals surface area (Å²) < 4.78 is 41.3. The maximum absolute atomic E-state index is 13.4. The zero-order chi connectivity index (χ0) is 17.0. The van der Waals surface area contributed by atoms with E-state index in [2.05, 4.69) is 10.6 Å². The average molecular weight is 344 g/mol. The molecule has 1 fully saturated rings. The van der Waals surface area contributed by atoms with Crippen LogP contribution in [0, 0.1) is 11.7 Å². The molecule has 23 heavy (non-hydrogen) atoms. The topological polar surface area (TPSA) is 84.5 Å². The molecule has 0 saturated carbocycles. The Bertz CT molecular complexity index is 678. The van der Waals surface area contributed by atoms with E-state index in [1.165, 1.54) is 25.3 Å². The lowest BCUT2D eigenvalue weighted by Crippen LogP contribution is -2.39. The number of nitrogens with one attached hydrogen (secondary N) is 2. The lowest BCUT2D eigenvalue weighted by Gasteiger charge is -2.18. The van der Waals surface area contributed by atoms with Crippen molar-refractivity contribution in [3.05, 3.63) is 29.6 Å². The zero-order valence-electron chi connectivity index (χ0n) is 13.1. The molecule has 1 aliphatic heterocycles. The Morgan fingerprint density at radius 2 is 2.22 bits per heavy atom. The monoisotopic (exact) mass is 344 g/mol. The van der Waals surface area contributed by atoms with E-state index in [0.29, 0.717) is 24.3 Å². The summed E-state index contributed by atoms with van der Waals surface area (Å²) in [4.78, 5) is 11.9. The van der Waals surface area contributed by atoms with E-state index in [1.807, 2.05) is 0 Å². The quantitative estimate of drug-likeness (QED) is 0.850. The van der Waals surface area contributed by atoms with E-state index in [9.17, 15) is 17.6 Å². The highest BCUT2D eigenvalue weighted by Crippen LogP contribution is 2.25. The number of amides is 2. The van der Waals surface area contributed by atoms with Crippen LogP contribution < -0.4 is 15.4 Å². The Morgan fingerprint density at radius 3 is 2.83 bits per heavy atom. The largest absolute Gasteiger partial charge is 0.496 e. The second-order valence-electron chi connectivity index (χ2n) is 5.73. The smallest absolute Gasteiger partial charge is 0.315 e. The summed E-state index contributed by atoms with van der Waals surface area (Å²) in [6, 6.07) is 3.23. The zero-order valence-corrected chi connectivity index (χ0v) is 14.0. The number of hydrogen-bond acceptors (Lipinski definition) is 4. The minimum absolute atomic E-state index is 0.0511. The van der Waals surface area contributed by atoms with Crippen LogP contribution in [0.5, 0.6) is 5.75 Å². The minimum Gasteiger partial charge on any atom is -0.496 e. The van der Waals surface area contributed by atoms with Gasteiger partial charge in [0.15, 0.2) is 9.84 Å². The Hall–Kier alpha value is -1.83. The first kappa shape index (κ1) is 17.5. The van der Waals surface area contributed by atoms with Crippen LogP contribution in [0.2, 0.25) is 0 Å². The number of benzene rings is 1. The van der Waals surface area contributed by atoms with E-state index in [1.54, 1.807) is 6.92 Å². The van der Waals surface area contributed by atoms with Crippen LogP contribution in [0.15, 0.2) is 18.2 Å². The van der Waals surface area contributed by atoms with Gasteiger partial charge in [0.1, 0.15) is 11.6 Å². The van der Waals surface area contributed by atoms with Gasteiger partial charge in [0.05, 0.1) is 24.7 Å². The molecule has 1 aliphatic rings. The molecular weight excluding hydrogens is 323 g/mol. The van der Waals surface area contributed by atoms with Gasteiger partial charge in [-0.2, -0.15) is 0 Å². The molecule has 0 aromatic heterocycles. The van der Waals surface area contributed by atoms with Crippen molar-refractivity contribution in [3.63, 3.8) is 0 Å². The van der Waals surface area contributed by atoms with Gasteiger partial charge < -0.3 is 15.4 Å². The summed E-state index contributed by atoms with van der Waals surface area (Å²) in [6.45, 7) is 2.02. The minimum atomic E-state index is -2.95. The van der Waals surface area contributed by atoms with Crippen LogP contribution in [0.3, 0.4) is 0 Å². The summed E-state index contributed by atoms with van der Waals surface area (Å²) in [5, 5.41) is 5.36. The summed E-state index contributed by atoms with van der Waals surface area (Å²) in [5.74, 6) is 0.315. The Kier molecular flexibility index (Phi) is 5.46. The van der Waals surface area contributed by atoms with Crippen LogP contribution in [-0.4, -0.2) is 39.6 Å². The maximum Gasteiger partial charge on any atom is 0.315 e. The molecule has 8 heteroatoms. The lowest BCUT2D eigenvalue weighted by molar-refractivity contribution is 0.236. The fourth-order valence-electron chi connectivity index (χ4n) is 2.64. The lowest BCUT2D eigenvalue weighted by atomic mass is 10.1. The van der Waals surface area contributed by atoms with E-state index in [0.717, 1.165) is 0 Å². The number of carbonyl (C=O) groups excluding carboxylic acids is 1. The number of halogens is 1. The van der Waals surface area contributed by atoms with Crippen molar-refractivity contribution in [2.45, 2.75) is 19.4 Å².